The Labute approximate surface area is 135 Å². The molecule has 1 heterocycles. The van der Waals surface area contributed by atoms with Crippen molar-refractivity contribution in [3.8, 4) is 5.75 Å². The number of para-hydroxylation sites is 2. The molecule has 1 amide bonds. The van der Waals surface area contributed by atoms with Crippen molar-refractivity contribution in [2.75, 3.05) is 12.4 Å². The molecule has 1 aromatic carbocycles. The van der Waals surface area contributed by atoms with Crippen molar-refractivity contribution in [3.05, 3.63) is 42.1 Å². The molecule has 0 saturated heterocycles. The van der Waals surface area contributed by atoms with Crippen molar-refractivity contribution in [1.29, 1.82) is 0 Å². The first-order valence-corrected chi connectivity index (χ1v) is 7.81. The molecule has 0 bridgehead atoms. The Morgan fingerprint density at radius 2 is 1.91 bits per heavy atom. The molecule has 6 heteroatoms. The lowest BCUT2D eigenvalue weighted by Crippen LogP contribution is -2.33. The summed E-state index contributed by atoms with van der Waals surface area (Å²) in [4.78, 5) is 12.1. The van der Waals surface area contributed by atoms with E-state index in [9.17, 15) is 4.79 Å². The number of aromatic nitrogens is 2. The van der Waals surface area contributed by atoms with Gasteiger partial charge in [0.1, 0.15) is 5.75 Å². The lowest BCUT2D eigenvalue weighted by molar-refractivity contribution is 0.0932. The minimum Gasteiger partial charge on any atom is -0.495 e. The van der Waals surface area contributed by atoms with Crippen LogP contribution in [-0.2, 0) is 0 Å². The van der Waals surface area contributed by atoms with Gasteiger partial charge in [-0.05, 0) is 37.1 Å². The van der Waals surface area contributed by atoms with Gasteiger partial charge in [-0.1, -0.05) is 25.0 Å². The Kier molecular flexibility index (Phi) is 4.71. The monoisotopic (exact) mass is 312 g/mol. The normalized spacial score (nSPS) is 14.5. The van der Waals surface area contributed by atoms with Crippen LogP contribution in [0.1, 0.15) is 36.2 Å². The van der Waals surface area contributed by atoms with E-state index in [4.69, 9.17) is 4.74 Å². The standard InChI is InChI=1S/C17H20N4O2/c1-23-15-9-5-4-8-13(15)19-16-11-10-14(20-21-16)17(22)18-12-6-2-3-7-12/h4-5,8-12H,2-3,6-7H2,1H3,(H,18,22)(H,19,21). The summed E-state index contributed by atoms with van der Waals surface area (Å²) in [5.74, 6) is 1.12. The Hall–Kier alpha value is -2.63. The molecular formula is C17H20N4O2. The number of rotatable bonds is 5. The quantitative estimate of drug-likeness (QED) is 0.888. The molecular weight excluding hydrogens is 292 g/mol. The molecule has 0 aliphatic heterocycles. The number of hydrogen-bond donors (Lipinski definition) is 2. The summed E-state index contributed by atoms with van der Waals surface area (Å²) in [5.41, 5.74) is 1.13. The van der Waals surface area contributed by atoms with Crippen LogP contribution < -0.4 is 15.4 Å². The van der Waals surface area contributed by atoms with E-state index in [2.05, 4.69) is 20.8 Å². The molecule has 2 aromatic rings. The van der Waals surface area contributed by atoms with Crippen molar-refractivity contribution < 1.29 is 9.53 Å². The Morgan fingerprint density at radius 3 is 2.61 bits per heavy atom. The van der Waals surface area contributed by atoms with Crippen LogP contribution in [0.2, 0.25) is 0 Å². The molecule has 0 radical (unpaired) electrons. The first-order chi connectivity index (χ1) is 11.3. The predicted octanol–water partition coefficient (Wildman–Crippen LogP) is 2.90. The van der Waals surface area contributed by atoms with Gasteiger partial charge in [-0.15, -0.1) is 10.2 Å². The van der Waals surface area contributed by atoms with Crippen LogP contribution in [0.4, 0.5) is 11.5 Å². The van der Waals surface area contributed by atoms with Crippen molar-refractivity contribution >= 4 is 17.4 Å². The summed E-state index contributed by atoms with van der Waals surface area (Å²) in [7, 11) is 1.61. The number of carbonyl (C=O) groups excluding carboxylic acids is 1. The van der Waals surface area contributed by atoms with Gasteiger partial charge >= 0.3 is 0 Å². The van der Waals surface area contributed by atoms with Gasteiger partial charge in [0, 0.05) is 6.04 Å². The largest absolute Gasteiger partial charge is 0.495 e. The van der Waals surface area contributed by atoms with E-state index in [0.717, 1.165) is 24.3 Å². The highest BCUT2D eigenvalue weighted by molar-refractivity contribution is 5.92. The highest BCUT2D eigenvalue weighted by Gasteiger charge is 2.18. The van der Waals surface area contributed by atoms with Crippen LogP contribution in [0.5, 0.6) is 5.75 Å². The first kappa shape index (κ1) is 15.3. The topological polar surface area (TPSA) is 76.1 Å². The number of methoxy groups -OCH3 is 1. The number of carbonyl (C=O) groups is 1. The summed E-state index contributed by atoms with van der Waals surface area (Å²) in [6.07, 6.45) is 4.45. The molecule has 3 rings (SSSR count). The average Bonchev–Trinajstić information content (AvgIpc) is 3.09. The maximum absolute atomic E-state index is 12.1. The Bertz CT molecular complexity index is 667. The van der Waals surface area contributed by atoms with Crippen LogP contribution >= 0.6 is 0 Å². The minimum absolute atomic E-state index is 0.159. The third-order valence-electron chi connectivity index (χ3n) is 3.96. The molecule has 0 unspecified atom stereocenters. The maximum atomic E-state index is 12.1. The lowest BCUT2D eigenvalue weighted by atomic mass is 10.2. The molecule has 1 aliphatic rings. The van der Waals surface area contributed by atoms with Crippen LogP contribution in [0, 0.1) is 0 Å². The SMILES string of the molecule is COc1ccccc1Nc1ccc(C(=O)NC2CCCC2)nn1. The number of anilines is 2. The van der Waals surface area contributed by atoms with Crippen molar-refractivity contribution in [2.45, 2.75) is 31.7 Å². The number of hydrogen-bond acceptors (Lipinski definition) is 5. The summed E-state index contributed by atoms with van der Waals surface area (Å²) in [5, 5.41) is 14.2. The van der Waals surface area contributed by atoms with E-state index in [1.54, 1.807) is 19.2 Å². The molecule has 2 N–H and O–H groups in total. The van der Waals surface area contributed by atoms with E-state index < -0.39 is 0 Å². The van der Waals surface area contributed by atoms with E-state index in [1.807, 2.05) is 24.3 Å². The van der Waals surface area contributed by atoms with Gasteiger partial charge in [0.15, 0.2) is 11.5 Å². The molecule has 0 atom stereocenters. The van der Waals surface area contributed by atoms with E-state index in [0.29, 0.717) is 11.5 Å². The van der Waals surface area contributed by atoms with Crippen LogP contribution in [0.25, 0.3) is 0 Å². The van der Waals surface area contributed by atoms with Gasteiger partial charge in [-0.3, -0.25) is 4.79 Å². The molecule has 1 aliphatic carbocycles. The zero-order chi connectivity index (χ0) is 16.1. The summed E-state index contributed by atoms with van der Waals surface area (Å²) >= 11 is 0. The van der Waals surface area contributed by atoms with Gasteiger partial charge in [0.25, 0.3) is 5.91 Å². The highest BCUT2D eigenvalue weighted by Crippen LogP contribution is 2.25. The van der Waals surface area contributed by atoms with Gasteiger partial charge in [0.05, 0.1) is 12.8 Å². The van der Waals surface area contributed by atoms with Gasteiger partial charge in [0.2, 0.25) is 0 Å². The van der Waals surface area contributed by atoms with Crippen LogP contribution in [0.3, 0.4) is 0 Å². The number of nitrogens with one attached hydrogen (secondary N) is 2. The average molecular weight is 312 g/mol. The zero-order valence-corrected chi connectivity index (χ0v) is 13.1. The maximum Gasteiger partial charge on any atom is 0.272 e. The predicted molar refractivity (Wildman–Crippen MR) is 88.0 cm³/mol. The summed E-state index contributed by atoms with van der Waals surface area (Å²) < 4.78 is 5.28. The number of ether oxygens (including phenoxy) is 1. The van der Waals surface area contributed by atoms with Crippen LogP contribution in [0.15, 0.2) is 36.4 Å². The second-order valence-corrected chi connectivity index (χ2v) is 5.58. The van der Waals surface area contributed by atoms with Crippen molar-refractivity contribution in [1.82, 2.24) is 15.5 Å². The lowest BCUT2D eigenvalue weighted by Gasteiger charge is -2.12. The zero-order valence-electron chi connectivity index (χ0n) is 13.1. The first-order valence-electron chi connectivity index (χ1n) is 7.81. The van der Waals surface area contributed by atoms with Gasteiger partial charge in [-0.2, -0.15) is 0 Å². The Morgan fingerprint density at radius 1 is 1.13 bits per heavy atom. The fourth-order valence-electron chi connectivity index (χ4n) is 2.74. The third kappa shape index (κ3) is 3.77. The van der Waals surface area contributed by atoms with Gasteiger partial charge in [-0.25, -0.2) is 0 Å². The number of amides is 1. The summed E-state index contributed by atoms with van der Waals surface area (Å²) in [6.45, 7) is 0. The molecule has 120 valence electrons. The smallest absolute Gasteiger partial charge is 0.272 e. The molecule has 1 aromatic heterocycles. The molecule has 23 heavy (non-hydrogen) atoms. The van der Waals surface area contributed by atoms with E-state index in [-0.39, 0.29) is 11.9 Å². The fraction of sp³-hybridized carbons (Fsp3) is 0.353. The number of benzene rings is 1. The molecule has 6 nitrogen and oxygen atoms in total. The highest BCUT2D eigenvalue weighted by atomic mass is 16.5. The number of nitrogens with zero attached hydrogens (tertiary/aromatic N) is 2. The second kappa shape index (κ2) is 7.09. The van der Waals surface area contributed by atoms with E-state index >= 15 is 0 Å². The fourth-order valence-corrected chi connectivity index (χ4v) is 2.74. The summed E-state index contributed by atoms with van der Waals surface area (Å²) in [6, 6.07) is 11.2. The minimum atomic E-state index is -0.159. The molecule has 1 fully saturated rings. The second-order valence-electron chi connectivity index (χ2n) is 5.58. The molecule has 0 spiro atoms. The van der Waals surface area contributed by atoms with Crippen molar-refractivity contribution in [2.24, 2.45) is 0 Å². The van der Waals surface area contributed by atoms with Crippen molar-refractivity contribution in [3.63, 3.8) is 0 Å². The van der Waals surface area contributed by atoms with Gasteiger partial charge < -0.3 is 15.4 Å². The molecule has 1 saturated carbocycles. The Balaban J connectivity index is 1.65. The van der Waals surface area contributed by atoms with E-state index in [1.165, 1.54) is 12.8 Å². The van der Waals surface area contributed by atoms with Crippen LogP contribution in [-0.4, -0.2) is 29.3 Å². The third-order valence-corrected chi connectivity index (χ3v) is 3.96.